The molecule has 1 aliphatic carbocycles. The number of nitrogen functional groups attached to an aromatic ring is 1. The fourth-order valence-corrected chi connectivity index (χ4v) is 2.09. The molecule has 0 aromatic carbocycles. The van der Waals surface area contributed by atoms with Crippen molar-refractivity contribution in [2.45, 2.75) is 32.6 Å². The second-order valence-corrected chi connectivity index (χ2v) is 4.37. The molecule has 3 nitrogen and oxygen atoms in total. The number of nitrogens with one attached hydrogen (secondary N) is 1. The Morgan fingerprint density at radius 3 is 3.06 bits per heavy atom. The zero-order chi connectivity index (χ0) is 11.4. The van der Waals surface area contributed by atoms with Crippen molar-refractivity contribution < 1.29 is 0 Å². The van der Waals surface area contributed by atoms with E-state index in [1.54, 1.807) is 11.8 Å². The van der Waals surface area contributed by atoms with Gasteiger partial charge in [0.1, 0.15) is 5.82 Å². The van der Waals surface area contributed by atoms with Gasteiger partial charge in [-0.3, -0.25) is 0 Å². The van der Waals surface area contributed by atoms with Crippen molar-refractivity contribution in [1.82, 2.24) is 4.98 Å². The molecular formula is C13H19N3. The van der Waals surface area contributed by atoms with Crippen LogP contribution >= 0.6 is 0 Å². The van der Waals surface area contributed by atoms with Crippen molar-refractivity contribution in [2.75, 3.05) is 17.6 Å². The van der Waals surface area contributed by atoms with Crippen LogP contribution in [0.2, 0.25) is 0 Å². The number of allylic oxidation sites excluding steroid dienone is 1. The number of anilines is 2. The van der Waals surface area contributed by atoms with Gasteiger partial charge < -0.3 is 11.1 Å². The van der Waals surface area contributed by atoms with Crippen LogP contribution in [-0.2, 0) is 0 Å². The van der Waals surface area contributed by atoms with Gasteiger partial charge in [-0.15, -0.1) is 0 Å². The van der Waals surface area contributed by atoms with Crippen LogP contribution in [0.3, 0.4) is 0 Å². The van der Waals surface area contributed by atoms with E-state index in [2.05, 4.69) is 16.4 Å². The van der Waals surface area contributed by atoms with Crippen LogP contribution < -0.4 is 11.1 Å². The average Bonchev–Trinajstić information content (AvgIpc) is 2.74. The quantitative estimate of drug-likeness (QED) is 0.762. The molecule has 1 heterocycles. The second-order valence-electron chi connectivity index (χ2n) is 4.37. The minimum Gasteiger partial charge on any atom is -0.397 e. The van der Waals surface area contributed by atoms with E-state index in [9.17, 15) is 0 Å². The number of hydrogen-bond acceptors (Lipinski definition) is 3. The lowest BCUT2D eigenvalue weighted by Crippen LogP contribution is -2.06. The zero-order valence-corrected chi connectivity index (χ0v) is 9.79. The number of aromatic nitrogens is 1. The lowest BCUT2D eigenvalue weighted by Gasteiger charge is -2.09. The standard InChI is InChI=1S/C13H19N3/c1-10-8-12(14)9-16-13(10)15-7-6-11-4-2-3-5-11/h4,8-9H,2-3,5-7,14H2,1H3,(H,15,16). The molecule has 86 valence electrons. The first-order valence-corrected chi connectivity index (χ1v) is 5.89. The van der Waals surface area contributed by atoms with Gasteiger partial charge in [0, 0.05) is 6.54 Å². The summed E-state index contributed by atoms with van der Waals surface area (Å²) in [5.74, 6) is 0.952. The summed E-state index contributed by atoms with van der Waals surface area (Å²) in [5.41, 5.74) is 9.08. The fraction of sp³-hybridized carbons (Fsp3) is 0.462. The molecule has 2 rings (SSSR count). The van der Waals surface area contributed by atoms with Crippen LogP contribution in [0.1, 0.15) is 31.2 Å². The first kappa shape index (κ1) is 11.0. The zero-order valence-electron chi connectivity index (χ0n) is 9.79. The molecule has 0 amide bonds. The van der Waals surface area contributed by atoms with Crippen molar-refractivity contribution in [1.29, 1.82) is 0 Å². The van der Waals surface area contributed by atoms with Crippen molar-refractivity contribution >= 4 is 11.5 Å². The molecule has 0 bridgehead atoms. The summed E-state index contributed by atoms with van der Waals surface area (Å²) in [6.45, 7) is 2.99. The highest BCUT2D eigenvalue weighted by molar-refractivity contribution is 5.50. The summed E-state index contributed by atoms with van der Waals surface area (Å²) in [5, 5.41) is 3.36. The number of rotatable bonds is 4. The summed E-state index contributed by atoms with van der Waals surface area (Å²) in [6.07, 6.45) is 9.05. The Morgan fingerprint density at radius 2 is 2.38 bits per heavy atom. The van der Waals surface area contributed by atoms with E-state index < -0.39 is 0 Å². The number of nitrogens with two attached hydrogens (primary N) is 1. The maximum Gasteiger partial charge on any atom is 0.129 e. The predicted molar refractivity (Wildman–Crippen MR) is 68.4 cm³/mol. The van der Waals surface area contributed by atoms with Crippen LogP contribution in [0.15, 0.2) is 23.9 Å². The molecule has 1 aromatic heterocycles. The molecule has 3 heteroatoms. The molecule has 3 N–H and O–H groups in total. The summed E-state index contributed by atoms with van der Waals surface area (Å²) in [6, 6.07) is 1.95. The molecule has 0 unspecified atom stereocenters. The summed E-state index contributed by atoms with van der Waals surface area (Å²) < 4.78 is 0. The summed E-state index contributed by atoms with van der Waals surface area (Å²) >= 11 is 0. The van der Waals surface area contributed by atoms with Gasteiger partial charge in [0.25, 0.3) is 0 Å². The third kappa shape index (κ3) is 2.75. The molecule has 0 atom stereocenters. The summed E-state index contributed by atoms with van der Waals surface area (Å²) in [7, 11) is 0. The van der Waals surface area contributed by atoms with Crippen molar-refractivity contribution in [3.05, 3.63) is 29.5 Å². The van der Waals surface area contributed by atoms with E-state index in [4.69, 9.17) is 5.73 Å². The normalized spacial score (nSPS) is 14.9. The first-order valence-electron chi connectivity index (χ1n) is 5.89. The molecular weight excluding hydrogens is 198 g/mol. The Morgan fingerprint density at radius 1 is 1.50 bits per heavy atom. The third-order valence-electron chi connectivity index (χ3n) is 2.97. The molecule has 0 radical (unpaired) electrons. The topological polar surface area (TPSA) is 50.9 Å². The van der Waals surface area contributed by atoms with Crippen molar-refractivity contribution in [3.63, 3.8) is 0 Å². The van der Waals surface area contributed by atoms with Crippen LogP contribution in [0.25, 0.3) is 0 Å². The lowest BCUT2D eigenvalue weighted by molar-refractivity contribution is 0.861. The SMILES string of the molecule is Cc1cc(N)cnc1NCCC1=CCCC1. The number of aryl methyl sites for hydroxylation is 1. The van der Waals surface area contributed by atoms with E-state index in [1.807, 2.05) is 13.0 Å². The minimum atomic E-state index is 0.724. The number of nitrogens with zero attached hydrogens (tertiary/aromatic N) is 1. The lowest BCUT2D eigenvalue weighted by atomic mass is 10.1. The van der Waals surface area contributed by atoms with Crippen LogP contribution in [0.5, 0.6) is 0 Å². The van der Waals surface area contributed by atoms with E-state index in [0.29, 0.717) is 0 Å². The summed E-state index contributed by atoms with van der Waals surface area (Å²) in [4.78, 5) is 4.29. The monoisotopic (exact) mass is 217 g/mol. The Labute approximate surface area is 96.8 Å². The average molecular weight is 217 g/mol. The highest BCUT2D eigenvalue weighted by atomic mass is 15.0. The van der Waals surface area contributed by atoms with Crippen LogP contribution in [0, 0.1) is 6.92 Å². The Bertz CT molecular complexity index is 396. The van der Waals surface area contributed by atoms with Crippen LogP contribution in [-0.4, -0.2) is 11.5 Å². The molecule has 0 saturated heterocycles. The maximum absolute atomic E-state index is 5.66. The Balaban J connectivity index is 1.84. The number of hydrogen-bond donors (Lipinski definition) is 2. The third-order valence-corrected chi connectivity index (χ3v) is 2.97. The van der Waals surface area contributed by atoms with Crippen molar-refractivity contribution in [2.24, 2.45) is 0 Å². The van der Waals surface area contributed by atoms with Gasteiger partial charge >= 0.3 is 0 Å². The molecule has 0 saturated carbocycles. The second kappa shape index (κ2) is 5.01. The van der Waals surface area contributed by atoms with Gasteiger partial charge in [0.15, 0.2) is 0 Å². The first-order chi connectivity index (χ1) is 7.75. The maximum atomic E-state index is 5.66. The Kier molecular flexibility index (Phi) is 3.44. The highest BCUT2D eigenvalue weighted by Crippen LogP contribution is 2.21. The molecule has 0 aliphatic heterocycles. The number of pyridine rings is 1. The largest absolute Gasteiger partial charge is 0.397 e. The van der Waals surface area contributed by atoms with Crippen LogP contribution in [0.4, 0.5) is 11.5 Å². The smallest absolute Gasteiger partial charge is 0.129 e. The minimum absolute atomic E-state index is 0.724. The predicted octanol–water partition coefficient (Wildman–Crippen LogP) is 2.88. The fourth-order valence-electron chi connectivity index (χ4n) is 2.09. The van der Waals surface area contributed by atoms with Gasteiger partial charge in [-0.1, -0.05) is 11.6 Å². The molecule has 1 aliphatic rings. The van der Waals surface area contributed by atoms with E-state index >= 15 is 0 Å². The molecule has 0 fully saturated rings. The molecule has 0 spiro atoms. The van der Waals surface area contributed by atoms with Gasteiger partial charge in [-0.25, -0.2) is 4.98 Å². The van der Waals surface area contributed by atoms with Gasteiger partial charge in [0.05, 0.1) is 11.9 Å². The molecule has 1 aromatic rings. The Hall–Kier alpha value is -1.51. The van der Waals surface area contributed by atoms with Crippen molar-refractivity contribution in [3.8, 4) is 0 Å². The van der Waals surface area contributed by atoms with E-state index in [-0.39, 0.29) is 0 Å². The van der Waals surface area contributed by atoms with Gasteiger partial charge in [0.2, 0.25) is 0 Å². The van der Waals surface area contributed by atoms with Gasteiger partial charge in [-0.05, 0) is 44.2 Å². The van der Waals surface area contributed by atoms with E-state index in [1.165, 1.54) is 19.3 Å². The van der Waals surface area contributed by atoms with E-state index in [0.717, 1.165) is 30.0 Å². The van der Waals surface area contributed by atoms with Gasteiger partial charge in [-0.2, -0.15) is 0 Å². The highest BCUT2D eigenvalue weighted by Gasteiger charge is 2.04. The molecule has 16 heavy (non-hydrogen) atoms.